The summed E-state index contributed by atoms with van der Waals surface area (Å²) in [5.74, 6) is 0. The van der Waals surface area contributed by atoms with Crippen LogP contribution in [0.4, 0.5) is 0 Å². The van der Waals surface area contributed by atoms with E-state index in [-0.39, 0.29) is 0 Å². The van der Waals surface area contributed by atoms with Crippen LogP contribution in [0.2, 0.25) is 0 Å². The standard InChI is InChI=1S/C31H34N2/c1-24(26-17-15-25(23-32)16-18-26)21-30(19-20-33-31-13-6-3-7-14-31)29-12-8-11-28(22-29)27-9-4-2-5-10-27/h4,6,8-13,15,17,21-22,31,33H,1-3,5,7,14,16,18-20H2/b30-21+. The number of hydrogen-bond donors (Lipinski definition) is 1. The van der Waals surface area contributed by atoms with Gasteiger partial charge in [0.2, 0.25) is 0 Å². The summed E-state index contributed by atoms with van der Waals surface area (Å²) in [4.78, 5) is 0. The second kappa shape index (κ2) is 11.6. The Labute approximate surface area is 199 Å². The summed E-state index contributed by atoms with van der Waals surface area (Å²) in [7, 11) is 0. The molecule has 0 radical (unpaired) electrons. The van der Waals surface area contributed by atoms with Gasteiger partial charge in [0.1, 0.15) is 0 Å². The topological polar surface area (TPSA) is 35.8 Å². The van der Waals surface area contributed by atoms with Crippen LogP contribution in [0, 0.1) is 11.3 Å². The van der Waals surface area contributed by atoms with Crippen molar-refractivity contribution >= 4 is 11.1 Å². The van der Waals surface area contributed by atoms with E-state index in [1.54, 1.807) is 0 Å². The molecule has 1 aromatic carbocycles. The van der Waals surface area contributed by atoms with Crippen molar-refractivity contribution in [2.24, 2.45) is 0 Å². The highest BCUT2D eigenvalue weighted by Crippen LogP contribution is 2.30. The zero-order chi connectivity index (χ0) is 22.9. The molecule has 1 unspecified atom stereocenters. The fourth-order valence-corrected chi connectivity index (χ4v) is 4.70. The molecule has 168 valence electrons. The van der Waals surface area contributed by atoms with Gasteiger partial charge in [-0.25, -0.2) is 0 Å². The minimum absolute atomic E-state index is 0.489. The van der Waals surface area contributed by atoms with Crippen molar-refractivity contribution in [3.63, 3.8) is 0 Å². The first-order chi connectivity index (χ1) is 16.2. The molecule has 0 heterocycles. The van der Waals surface area contributed by atoms with Crippen molar-refractivity contribution in [1.82, 2.24) is 5.32 Å². The lowest BCUT2D eigenvalue weighted by molar-refractivity contribution is 0.529. The van der Waals surface area contributed by atoms with Crippen molar-refractivity contribution < 1.29 is 0 Å². The van der Waals surface area contributed by atoms with Gasteiger partial charge in [-0.3, -0.25) is 0 Å². The fraction of sp³-hybridized carbons (Fsp3) is 0.323. The van der Waals surface area contributed by atoms with Crippen LogP contribution in [0.3, 0.4) is 0 Å². The molecule has 2 nitrogen and oxygen atoms in total. The first-order valence-electron chi connectivity index (χ1n) is 12.3. The number of rotatable bonds is 8. The molecular formula is C31H34N2. The molecule has 4 rings (SSSR count). The van der Waals surface area contributed by atoms with Crippen LogP contribution in [0.5, 0.6) is 0 Å². The third-order valence-electron chi connectivity index (χ3n) is 6.67. The molecule has 1 N–H and O–H groups in total. The molecule has 0 aliphatic heterocycles. The van der Waals surface area contributed by atoms with Crippen LogP contribution in [0.1, 0.15) is 62.5 Å². The van der Waals surface area contributed by atoms with Crippen LogP contribution >= 0.6 is 0 Å². The van der Waals surface area contributed by atoms with Crippen LogP contribution in [-0.2, 0) is 0 Å². The van der Waals surface area contributed by atoms with Crippen molar-refractivity contribution in [2.75, 3.05) is 6.54 Å². The van der Waals surface area contributed by atoms with E-state index in [0.29, 0.717) is 6.04 Å². The number of nitrogens with one attached hydrogen (secondary N) is 1. The Morgan fingerprint density at radius 3 is 2.82 bits per heavy atom. The molecule has 3 aliphatic rings. The number of nitrogens with zero attached hydrogens (tertiary/aromatic N) is 1. The van der Waals surface area contributed by atoms with E-state index in [1.807, 2.05) is 6.08 Å². The molecule has 0 spiro atoms. The second-order valence-corrected chi connectivity index (χ2v) is 9.08. The maximum atomic E-state index is 9.15. The fourth-order valence-electron chi connectivity index (χ4n) is 4.70. The minimum atomic E-state index is 0.489. The van der Waals surface area contributed by atoms with Crippen molar-refractivity contribution in [3.8, 4) is 6.07 Å². The normalized spacial score (nSPS) is 20.5. The molecule has 0 bridgehead atoms. The Balaban J connectivity index is 1.56. The minimum Gasteiger partial charge on any atom is -0.310 e. The highest BCUT2D eigenvalue weighted by Gasteiger charge is 2.12. The van der Waals surface area contributed by atoms with Gasteiger partial charge in [-0.1, -0.05) is 67.3 Å². The van der Waals surface area contributed by atoms with E-state index in [2.05, 4.69) is 84.8 Å². The SMILES string of the molecule is C=C(/C=C(\CCNC1C=CCCC1)c1cccc(C2=CCCC=C2)c1)C1=CC=C(C#N)CC1. The average Bonchev–Trinajstić information content (AvgIpc) is 2.89. The van der Waals surface area contributed by atoms with E-state index in [1.165, 1.54) is 47.1 Å². The van der Waals surface area contributed by atoms with Gasteiger partial charge in [0, 0.05) is 11.6 Å². The Hall–Kier alpha value is -3.15. The van der Waals surface area contributed by atoms with E-state index in [4.69, 9.17) is 5.26 Å². The maximum Gasteiger partial charge on any atom is 0.0947 e. The van der Waals surface area contributed by atoms with E-state index < -0.39 is 0 Å². The van der Waals surface area contributed by atoms with Gasteiger partial charge < -0.3 is 5.32 Å². The van der Waals surface area contributed by atoms with Gasteiger partial charge >= 0.3 is 0 Å². The van der Waals surface area contributed by atoms with E-state index in [0.717, 1.165) is 49.8 Å². The highest BCUT2D eigenvalue weighted by atomic mass is 14.9. The zero-order valence-corrected chi connectivity index (χ0v) is 19.5. The van der Waals surface area contributed by atoms with E-state index >= 15 is 0 Å². The number of hydrogen-bond acceptors (Lipinski definition) is 2. The largest absolute Gasteiger partial charge is 0.310 e. The Morgan fingerprint density at radius 1 is 1.15 bits per heavy atom. The monoisotopic (exact) mass is 434 g/mol. The van der Waals surface area contributed by atoms with Gasteiger partial charge in [-0.15, -0.1) is 0 Å². The van der Waals surface area contributed by atoms with Crippen molar-refractivity contribution in [2.45, 2.75) is 57.4 Å². The third kappa shape index (κ3) is 6.44. The molecule has 0 amide bonds. The van der Waals surface area contributed by atoms with Crippen LogP contribution in [0.15, 0.2) is 96.2 Å². The number of allylic oxidation sites excluding steroid dienone is 11. The molecule has 3 aliphatic carbocycles. The van der Waals surface area contributed by atoms with Crippen molar-refractivity contribution in [3.05, 3.63) is 107 Å². The zero-order valence-electron chi connectivity index (χ0n) is 19.5. The molecule has 1 aromatic rings. The second-order valence-electron chi connectivity index (χ2n) is 9.08. The van der Waals surface area contributed by atoms with Gasteiger partial charge in [0.05, 0.1) is 6.07 Å². The Morgan fingerprint density at radius 2 is 2.09 bits per heavy atom. The van der Waals surface area contributed by atoms with Gasteiger partial charge in [0.25, 0.3) is 0 Å². The summed E-state index contributed by atoms with van der Waals surface area (Å²) < 4.78 is 0. The first-order valence-corrected chi connectivity index (χ1v) is 12.3. The average molecular weight is 435 g/mol. The third-order valence-corrected chi connectivity index (χ3v) is 6.67. The lowest BCUT2D eigenvalue weighted by Gasteiger charge is -2.19. The lowest BCUT2D eigenvalue weighted by Crippen LogP contribution is -2.29. The molecule has 1 atom stereocenters. The smallest absolute Gasteiger partial charge is 0.0947 e. The number of nitriles is 1. The molecule has 2 heteroatoms. The highest BCUT2D eigenvalue weighted by molar-refractivity contribution is 5.78. The van der Waals surface area contributed by atoms with Crippen LogP contribution < -0.4 is 5.32 Å². The van der Waals surface area contributed by atoms with Gasteiger partial charge in [-0.05, 0) is 103 Å². The van der Waals surface area contributed by atoms with Crippen LogP contribution in [0.25, 0.3) is 11.1 Å². The summed E-state index contributed by atoms with van der Waals surface area (Å²) in [6, 6.07) is 11.7. The summed E-state index contributed by atoms with van der Waals surface area (Å²) in [6.45, 7) is 5.34. The van der Waals surface area contributed by atoms with Crippen molar-refractivity contribution in [1.29, 1.82) is 5.26 Å². The predicted molar refractivity (Wildman–Crippen MR) is 140 cm³/mol. The number of benzene rings is 1. The molecule has 0 fully saturated rings. The maximum absolute atomic E-state index is 9.15. The molecule has 0 saturated carbocycles. The molecular weight excluding hydrogens is 400 g/mol. The van der Waals surface area contributed by atoms with E-state index in [9.17, 15) is 0 Å². The lowest BCUT2D eigenvalue weighted by atomic mass is 9.90. The van der Waals surface area contributed by atoms with Crippen LogP contribution in [-0.4, -0.2) is 12.6 Å². The summed E-state index contributed by atoms with van der Waals surface area (Å²) in [6.07, 6.45) is 26.3. The molecule has 0 aromatic heterocycles. The van der Waals surface area contributed by atoms with Gasteiger partial charge in [0.15, 0.2) is 0 Å². The summed E-state index contributed by atoms with van der Waals surface area (Å²) in [5, 5.41) is 12.9. The summed E-state index contributed by atoms with van der Waals surface area (Å²) in [5.41, 5.74) is 8.30. The Kier molecular flexibility index (Phi) is 8.12. The Bertz CT molecular complexity index is 1100. The molecule has 0 saturated heterocycles. The predicted octanol–water partition coefficient (Wildman–Crippen LogP) is 7.62. The van der Waals surface area contributed by atoms with Gasteiger partial charge in [-0.2, -0.15) is 5.26 Å². The summed E-state index contributed by atoms with van der Waals surface area (Å²) >= 11 is 0. The first kappa shape index (κ1) is 23.0. The quantitative estimate of drug-likeness (QED) is 0.337. The molecule has 33 heavy (non-hydrogen) atoms.